The number of hydrogen-bond donors (Lipinski definition) is 1. The Kier molecular flexibility index (Phi) is 6.53. The van der Waals surface area contributed by atoms with Gasteiger partial charge in [0.25, 0.3) is 0 Å². The minimum atomic E-state index is -4.39. The summed E-state index contributed by atoms with van der Waals surface area (Å²) in [6.07, 6.45) is -2.73. The van der Waals surface area contributed by atoms with Gasteiger partial charge in [-0.3, -0.25) is 4.90 Å². The van der Waals surface area contributed by atoms with E-state index in [0.717, 1.165) is 38.3 Å². The molecule has 0 amide bonds. The summed E-state index contributed by atoms with van der Waals surface area (Å²) in [7, 11) is 0. The summed E-state index contributed by atoms with van der Waals surface area (Å²) in [5.41, 5.74) is -0.191. The average Bonchev–Trinajstić information content (AvgIpc) is 2.39. The van der Waals surface area contributed by atoms with Crippen LogP contribution in [0, 0.1) is 0 Å². The molecule has 0 spiro atoms. The zero-order valence-corrected chi connectivity index (χ0v) is 12.9. The number of halogens is 5. The first-order valence-electron chi connectivity index (χ1n) is 6.37. The Morgan fingerprint density at radius 2 is 1.86 bits per heavy atom. The third-order valence-electron chi connectivity index (χ3n) is 3.36. The predicted octanol–water partition coefficient (Wildman–Crippen LogP) is 3.91. The maximum atomic E-state index is 12.8. The summed E-state index contributed by atoms with van der Waals surface area (Å²) in [6, 6.07) is 3.42. The van der Waals surface area contributed by atoms with Crippen LogP contribution in [0.1, 0.15) is 17.2 Å². The van der Waals surface area contributed by atoms with E-state index in [1.165, 1.54) is 0 Å². The molecule has 1 saturated heterocycles. The Hall–Kier alpha value is -0.750. The second-order valence-corrected chi connectivity index (χ2v) is 5.17. The number of rotatable bonds is 3. The van der Waals surface area contributed by atoms with E-state index >= 15 is 0 Å². The zero-order chi connectivity index (χ0) is 14.8. The van der Waals surface area contributed by atoms with Crippen LogP contribution in [-0.2, 0) is 6.18 Å². The Morgan fingerprint density at radius 3 is 2.38 bits per heavy atom. The fourth-order valence-electron chi connectivity index (χ4n) is 2.40. The van der Waals surface area contributed by atoms with E-state index in [1.807, 2.05) is 0 Å². The van der Waals surface area contributed by atoms with Gasteiger partial charge in [-0.15, -0.1) is 19.0 Å². The predicted molar refractivity (Wildman–Crippen MR) is 81.1 cm³/mol. The minimum absolute atomic E-state index is 0. The first-order valence-corrected chi connectivity index (χ1v) is 6.74. The molecule has 0 saturated carbocycles. The van der Waals surface area contributed by atoms with Gasteiger partial charge in [0.1, 0.15) is 0 Å². The summed E-state index contributed by atoms with van der Waals surface area (Å²) in [4.78, 5) is 2.09. The van der Waals surface area contributed by atoms with Crippen molar-refractivity contribution in [3.05, 3.63) is 47.0 Å². The molecular formula is C14H17Cl2F3N2. The maximum Gasteiger partial charge on any atom is 0.416 e. The molecule has 1 aliphatic heterocycles. The first-order chi connectivity index (χ1) is 9.41. The van der Waals surface area contributed by atoms with Crippen molar-refractivity contribution in [3.8, 4) is 0 Å². The zero-order valence-electron chi connectivity index (χ0n) is 11.3. The van der Waals surface area contributed by atoms with Crippen LogP contribution in [0.2, 0.25) is 5.02 Å². The largest absolute Gasteiger partial charge is 0.416 e. The molecule has 1 N–H and O–H groups in total. The van der Waals surface area contributed by atoms with Crippen LogP contribution in [0.4, 0.5) is 13.2 Å². The highest BCUT2D eigenvalue weighted by molar-refractivity contribution is 6.30. The normalized spacial score (nSPS) is 17.9. The van der Waals surface area contributed by atoms with Crippen LogP contribution in [0.25, 0.3) is 0 Å². The Balaban J connectivity index is 0.00000220. The molecule has 1 aromatic rings. The van der Waals surface area contributed by atoms with Crippen molar-refractivity contribution in [2.75, 3.05) is 26.2 Å². The molecule has 7 heteroatoms. The third-order valence-corrected chi connectivity index (χ3v) is 3.58. The van der Waals surface area contributed by atoms with Gasteiger partial charge in [-0.05, 0) is 23.8 Å². The van der Waals surface area contributed by atoms with Gasteiger partial charge in [0.2, 0.25) is 0 Å². The van der Waals surface area contributed by atoms with Crippen molar-refractivity contribution in [2.45, 2.75) is 12.2 Å². The van der Waals surface area contributed by atoms with E-state index in [0.29, 0.717) is 5.56 Å². The van der Waals surface area contributed by atoms with Crippen LogP contribution < -0.4 is 5.32 Å². The molecule has 0 bridgehead atoms. The highest BCUT2D eigenvalue weighted by Gasteiger charge is 2.32. The second-order valence-electron chi connectivity index (χ2n) is 4.74. The van der Waals surface area contributed by atoms with E-state index in [9.17, 15) is 13.2 Å². The fourth-order valence-corrected chi connectivity index (χ4v) is 2.65. The molecule has 1 atom stereocenters. The van der Waals surface area contributed by atoms with Gasteiger partial charge in [-0.25, -0.2) is 0 Å². The fraction of sp³-hybridized carbons (Fsp3) is 0.429. The van der Waals surface area contributed by atoms with E-state index in [1.54, 1.807) is 12.1 Å². The van der Waals surface area contributed by atoms with Crippen LogP contribution >= 0.6 is 24.0 Å². The molecule has 1 heterocycles. The first kappa shape index (κ1) is 18.3. The molecular weight excluding hydrogens is 324 g/mol. The van der Waals surface area contributed by atoms with Crippen molar-refractivity contribution in [3.63, 3.8) is 0 Å². The van der Waals surface area contributed by atoms with Gasteiger partial charge in [-0.2, -0.15) is 13.2 Å². The molecule has 0 aliphatic carbocycles. The van der Waals surface area contributed by atoms with Gasteiger partial charge in [0, 0.05) is 31.2 Å². The number of alkyl halides is 3. The number of nitrogens with zero attached hydrogens (tertiary/aromatic N) is 1. The van der Waals surface area contributed by atoms with Crippen molar-refractivity contribution in [1.82, 2.24) is 10.2 Å². The second kappa shape index (κ2) is 7.49. The Morgan fingerprint density at radius 1 is 1.24 bits per heavy atom. The highest BCUT2D eigenvalue weighted by atomic mass is 35.5. The monoisotopic (exact) mass is 340 g/mol. The highest BCUT2D eigenvalue weighted by Crippen LogP contribution is 2.34. The molecule has 1 fully saturated rings. The molecule has 118 valence electrons. The van der Waals surface area contributed by atoms with Crippen molar-refractivity contribution >= 4 is 24.0 Å². The summed E-state index contributed by atoms with van der Waals surface area (Å²) in [6.45, 7) is 6.92. The van der Waals surface area contributed by atoms with Gasteiger partial charge in [0.15, 0.2) is 0 Å². The Labute approximate surface area is 133 Å². The lowest BCUT2D eigenvalue weighted by Gasteiger charge is -2.33. The molecule has 2 nitrogen and oxygen atoms in total. The summed E-state index contributed by atoms with van der Waals surface area (Å²) in [5, 5.41) is 3.30. The number of piperazine rings is 1. The van der Waals surface area contributed by atoms with Crippen LogP contribution in [-0.4, -0.2) is 31.1 Å². The third kappa shape index (κ3) is 4.61. The summed E-state index contributed by atoms with van der Waals surface area (Å²) >= 11 is 5.83. The number of nitrogens with one attached hydrogen (secondary N) is 1. The van der Waals surface area contributed by atoms with Crippen molar-refractivity contribution < 1.29 is 13.2 Å². The molecule has 21 heavy (non-hydrogen) atoms. The van der Waals surface area contributed by atoms with E-state index in [4.69, 9.17) is 11.6 Å². The molecule has 0 aromatic heterocycles. The minimum Gasteiger partial charge on any atom is -0.314 e. The van der Waals surface area contributed by atoms with Crippen LogP contribution in [0.5, 0.6) is 0 Å². The standard InChI is InChI=1S/C14H16ClF3N2.ClH/c1-2-13(20-5-3-19-4-6-20)10-7-11(14(16,17)18)9-12(15)8-10;/h2,7-9,13,19H,1,3-6H2;1H/t13-;/m1./s1. The molecule has 2 rings (SSSR count). The molecule has 0 unspecified atom stereocenters. The van der Waals surface area contributed by atoms with Crippen LogP contribution in [0.15, 0.2) is 30.9 Å². The van der Waals surface area contributed by atoms with Crippen molar-refractivity contribution in [2.24, 2.45) is 0 Å². The van der Waals surface area contributed by atoms with E-state index < -0.39 is 11.7 Å². The van der Waals surface area contributed by atoms with Crippen LogP contribution in [0.3, 0.4) is 0 Å². The number of hydrogen-bond acceptors (Lipinski definition) is 2. The molecule has 1 aliphatic rings. The lowest BCUT2D eigenvalue weighted by molar-refractivity contribution is -0.137. The average molecular weight is 341 g/mol. The molecule has 1 aromatic carbocycles. The summed E-state index contributed by atoms with van der Waals surface area (Å²) < 4.78 is 38.5. The molecule has 0 radical (unpaired) electrons. The van der Waals surface area contributed by atoms with Gasteiger partial charge >= 0.3 is 6.18 Å². The maximum absolute atomic E-state index is 12.8. The van der Waals surface area contributed by atoms with E-state index in [-0.39, 0.29) is 23.5 Å². The smallest absolute Gasteiger partial charge is 0.314 e. The quantitative estimate of drug-likeness (QED) is 0.839. The van der Waals surface area contributed by atoms with E-state index in [2.05, 4.69) is 16.8 Å². The SMILES string of the molecule is C=C[C@H](c1cc(Cl)cc(C(F)(F)F)c1)N1CCNCC1.Cl. The topological polar surface area (TPSA) is 15.3 Å². The number of benzene rings is 1. The lowest BCUT2D eigenvalue weighted by Crippen LogP contribution is -2.44. The van der Waals surface area contributed by atoms with Gasteiger partial charge in [-0.1, -0.05) is 17.7 Å². The van der Waals surface area contributed by atoms with Gasteiger partial charge < -0.3 is 5.32 Å². The summed E-state index contributed by atoms with van der Waals surface area (Å²) in [5.74, 6) is 0. The Bertz CT molecular complexity index is 486. The van der Waals surface area contributed by atoms with Crippen molar-refractivity contribution in [1.29, 1.82) is 0 Å². The van der Waals surface area contributed by atoms with Gasteiger partial charge in [0.05, 0.1) is 11.6 Å². The lowest BCUT2D eigenvalue weighted by atomic mass is 10.0.